The molecule has 14 heavy (non-hydrogen) atoms. The molecule has 0 radical (unpaired) electrons. The highest BCUT2D eigenvalue weighted by molar-refractivity contribution is 5.22. The molecule has 0 saturated carbocycles. The highest BCUT2D eigenvalue weighted by atomic mass is 16.5. The molecule has 1 rings (SSSR count). The van der Waals surface area contributed by atoms with E-state index in [-0.39, 0.29) is 5.60 Å². The summed E-state index contributed by atoms with van der Waals surface area (Å²) in [5, 5.41) is 0. The summed E-state index contributed by atoms with van der Waals surface area (Å²) in [6, 6.07) is 4.17. The van der Waals surface area contributed by atoms with E-state index in [2.05, 4.69) is 31.0 Å². The van der Waals surface area contributed by atoms with Crippen molar-refractivity contribution in [2.45, 2.75) is 39.2 Å². The molecule has 1 aromatic rings. The van der Waals surface area contributed by atoms with Crippen molar-refractivity contribution in [3.8, 4) is 0 Å². The molecule has 2 heteroatoms. The van der Waals surface area contributed by atoms with Gasteiger partial charge in [-0.05, 0) is 37.5 Å². The fourth-order valence-corrected chi connectivity index (χ4v) is 1.24. The molecular formula is C12H19NO. The lowest BCUT2D eigenvalue weighted by atomic mass is 9.98. The molecule has 0 atom stereocenters. The third kappa shape index (κ3) is 2.32. The quantitative estimate of drug-likeness (QED) is 0.736. The van der Waals surface area contributed by atoms with Crippen LogP contribution in [0.4, 0.5) is 0 Å². The monoisotopic (exact) mass is 193 g/mol. The van der Waals surface area contributed by atoms with E-state index in [9.17, 15) is 0 Å². The first-order valence-corrected chi connectivity index (χ1v) is 4.99. The Labute approximate surface area is 86.3 Å². The molecule has 0 saturated heterocycles. The van der Waals surface area contributed by atoms with Gasteiger partial charge in [0.2, 0.25) is 0 Å². The van der Waals surface area contributed by atoms with Crippen LogP contribution < -0.4 is 0 Å². The van der Waals surface area contributed by atoms with Crippen molar-refractivity contribution in [3.63, 3.8) is 0 Å². The zero-order valence-corrected chi connectivity index (χ0v) is 9.66. The fraction of sp³-hybridized carbons (Fsp3) is 0.583. The summed E-state index contributed by atoms with van der Waals surface area (Å²) < 4.78 is 5.40. The number of aromatic nitrogens is 1. The number of rotatable bonds is 3. The Balaban J connectivity index is 3.05. The average Bonchev–Trinajstić information content (AvgIpc) is 2.18. The van der Waals surface area contributed by atoms with Crippen LogP contribution >= 0.6 is 0 Å². The molecule has 1 heterocycles. The predicted molar refractivity (Wildman–Crippen MR) is 58.4 cm³/mol. The van der Waals surface area contributed by atoms with E-state index in [4.69, 9.17) is 4.74 Å². The lowest BCUT2D eigenvalue weighted by Crippen LogP contribution is -2.21. The summed E-state index contributed by atoms with van der Waals surface area (Å²) in [7, 11) is 1.71. The van der Waals surface area contributed by atoms with Crippen LogP contribution in [0.1, 0.15) is 44.9 Å². The van der Waals surface area contributed by atoms with Gasteiger partial charge in [0.15, 0.2) is 0 Å². The van der Waals surface area contributed by atoms with E-state index in [1.807, 2.05) is 20.0 Å². The van der Waals surface area contributed by atoms with Crippen LogP contribution in [0.25, 0.3) is 0 Å². The van der Waals surface area contributed by atoms with E-state index >= 15 is 0 Å². The van der Waals surface area contributed by atoms with E-state index in [1.165, 1.54) is 5.56 Å². The molecular weight excluding hydrogens is 174 g/mol. The minimum Gasteiger partial charge on any atom is -0.373 e. The van der Waals surface area contributed by atoms with Gasteiger partial charge in [-0.1, -0.05) is 13.8 Å². The van der Waals surface area contributed by atoms with Crippen molar-refractivity contribution >= 4 is 0 Å². The molecule has 0 amide bonds. The first kappa shape index (κ1) is 11.2. The number of nitrogens with zero attached hydrogens (tertiary/aromatic N) is 1. The standard InChI is InChI=1S/C12H19NO/c1-9(2)10-6-7-13-11(8-10)12(3,4)14-5/h6-9H,1-5H3. The molecule has 0 N–H and O–H groups in total. The summed E-state index contributed by atoms with van der Waals surface area (Å²) in [5.41, 5.74) is 2.00. The molecule has 0 aliphatic heterocycles. The summed E-state index contributed by atoms with van der Waals surface area (Å²) in [5.74, 6) is 0.532. The number of hydrogen-bond donors (Lipinski definition) is 0. The Morgan fingerprint density at radius 2 is 2.00 bits per heavy atom. The van der Waals surface area contributed by atoms with Crippen LogP contribution in [0.2, 0.25) is 0 Å². The Kier molecular flexibility index (Phi) is 3.27. The Morgan fingerprint density at radius 3 is 2.50 bits per heavy atom. The van der Waals surface area contributed by atoms with Gasteiger partial charge in [-0.25, -0.2) is 0 Å². The second-order valence-electron chi connectivity index (χ2n) is 4.34. The van der Waals surface area contributed by atoms with Gasteiger partial charge in [-0.15, -0.1) is 0 Å². The van der Waals surface area contributed by atoms with Crippen molar-refractivity contribution in [2.24, 2.45) is 0 Å². The topological polar surface area (TPSA) is 22.1 Å². The van der Waals surface area contributed by atoms with Crippen LogP contribution in [0.15, 0.2) is 18.3 Å². The van der Waals surface area contributed by atoms with Gasteiger partial charge in [0.1, 0.15) is 5.60 Å². The van der Waals surface area contributed by atoms with Crippen LogP contribution in [-0.2, 0) is 10.3 Å². The van der Waals surface area contributed by atoms with Gasteiger partial charge in [-0.3, -0.25) is 4.98 Å². The molecule has 78 valence electrons. The van der Waals surface area contributed by atoms with Crippen molar-refractivity contribution in [3.05, 3.63) is 29.6 Å². The largest absolute Gasteiger partial charge is 0.373 e. The second kappa shape index (κ2) is 4.09. The Bertz CT molecular complexity index is 305. The lowest BCUT2D eigenvalue weighted by Gasteiger charge is -2.23. The lowest BCUT2D eigenvalue weighted by molar-refractivity contribution is 0.0154. The van der Waals surface area contributed by atoms with Gasteiger partial charge in [0.05, 0.1) is 5.69 Å². The summed E-state index contributed by atoms with van der Waals surface area (Å²) >= 11 is 0. The van der Waals surface area contributed by atoms with E-state index < -0.39 is 0 Å². The normalized spacial score (nSPS) is 12.1. The van der Waals surface area contributed by atoms with Gasteiger partial charge in [0.25, 0.3) is 0 Å². The minimum absolute atomic E-state index is 0.301. The molecule has 0 bridgehead atoms. The molecule has 0 aromatic carbocycles. The number of hydrogen-bond acceptors (Lipinski definition) is 2. The van der Waals surface area contributed by atoms with Crippen molar-refractivity contribution in [1.29, 1.82) is 0 Å². The van der Waals surface area contributed by atoms with Crippen molar-refractivity contribution in [1.82, 2.24) is 4.98 Å². The van der Waals surface area contributed by atoms with Gasteiger partial charge in [0, 0.05) is 13.3 Å². The number of pyridine rings is 1. The summed E-state index contributed by atoms with van der Waals surface area (Å²) in [4.78, 5) is 4.34. The molecule has 0 spiro atoms. The smallest absolute Gasteiger partial charge is 0.104 e. The highest BCUT2D eigenvalue weighted by Crippen LogP contribution is 2.24. The maximum Gasteiger partial charge on any atom is 0.104 e. The molecule has 0 unspecified atom stereocenters. The number of ether oxygens (including phenoxy) is 1. The molecule has 1 aromatic heterocycles. The average molecular weight is 193 g/mol. The van der Waals surface area contributed by atoms with Gasteiger partial charge in [-0.2, -0.15) is 0 Å². The second-order valence-corrected chi connectivity index (χ2v) is 4.34. The van der Waals surface area contributed by atoms with Crippen molar-refractivity contribution < 1.29 is 4.74 Å². The molecule has 0 aliphatic rings. The third-order valence-corrected chi connectivity index (χ3v) is 2.58. The van der Waals surface area contributed by atoms with E-state index in [0.717, 1.165) is 5.69 Å². The van der Waals surface area contributed by atoms with Crippen LogP contribution in [-0.4, -0.2) is 12.1 Å². The van der Waals surface area contributed by atoms with E-state index in [0.29, 0.717) is 5.92 Å². The van der Waals surface area contributed by atoms with Gasteiger partial charge < -0.3 is 4.74 Å². The predicted octanol–water partition coefficient (Wildman–Crippen LogP) is 3.09. The van der Waals surface area contributed by atoms with Crippen LogP contribution in [0.5, 0.6) is 0 Å². The fourth-order valence-electron chi connectivity index (χ4n) is 1.24. The molecule has 0 aliphatic carbocycles. The summed E-state index contributed by atoms with van der Waals surface area (Å²) in [6.07, 6.45) is 1.85. The first-order valence-electron chi connectivity index (χ1n) is 4.99. The minimum atomic E-state index is -0.301. The maximum absolute atomic E-state index is 5.40. The van der Waals surface area contributed by atoms with Crippen LogP contribution in [0, 0.1) is 0 Å². The molecule has 0 fully saturated rings. The zero-order chi connectivity index (χ0) is 10.8. The highest BCUT2D eigenvalue weighted by Gasteiger charge is 2.21. The maximum atomic E-state index is 5.40. The third-order valence-electron chi connectivity index (χ3n) is 2.58. The van der Waals surface area contributed by atoms with Crippen LogP contribution in [0.3, 0.4) is 0 Å². The zero-order valence-electron chi connectivity index (χ0n) is 9.66. The van der Waals surface area contributed by atoms with E-state index in [1.54, 1.807) is 7.11 Å². The Morgan fingerprint density at radius 1 is 1.36 bits per heavy atom. The van der Waals surface area contributed by atoms with Crippen molar-refractivity contribution in [2.75, 3.05) is 7.11 Å². The van der Waals surface area contributed by atoms with Gasteiger partial charge >= 0.3 is 0 Å². The SMILES string of the molecule is COC(C)(C)c1cc(C(C)C)ccn1. The number of methoxy groups -OCH3 is 1. The Hall–Kier alpha value is -0.890. The molecule has 2 nitrogen and oxygen atoms in total. The first-order chi connectivity index (χ1) is 6.47. The summed E-state index contributed by atoms with van der Waals surface area (Å²) in [6.45, 7) is 8.41.